The summed E-state index contributed by atoms with van der Waals surface area (Å²) in [7, 11) is 0. The fraction of sp³-hybridized carbons (Fsp3) is 0.647. The summed E-state index contributed by atoms with van der Waals surface area (Å²) in [5.41, 5.74) is 2.82. The van der Waals surface area contributed by atoms with Crippen molar-refractivity contribution in [3.63, 3.8) is 0 Å². The van der Waals surface area contributed by atoms with Gasteiger partial charge in [0.2, 0.25) is 0 Å². The number of nitrogens with one attached hydrogen (secondary N) is 1. The zero-order chi connectivity index (χ0) is 13.7. The summed E-state index contributed by atoms with van der Waals surface area (Å²) < 4.78 is 5.87. The summed E-state index contributed by atoms with van der Waals surface area (Å²) >= 11 is 0. The fourth-order valence-corrected chi connectivity index (χ4v) is 3.16. The first-order valence-electron chi connectivity index (χ1n) is 7.73. The molecule has 1 aromatic rings. The van der Waals surface area contributed by atoms with Crippen LogP contribution in [0.25, 0.3) is 0 Å². The van der Waals surface area contributed by atoms with Crippen LogP contribution >= 0.6 is 0 Å². The molecule has 2 nitrogen and oxygen atoms in total. The molecule has 0 saturated carbocycles. The van der Waals surface area contributed by atoms with Gasteiger partial charge in [-0.05, 0) is 36.9 Å². The maximum Gasteiger partial charge on any atom is 0.0619 e. The Morgan fingerprint density at radius 2 is 1.95 bits per heavy atom. The van der Waals surface area contributed by atoms with Crippen molar-refractivity contribution >= 4 is 0 Å². The summed E-state index contributed by atoms with van der Waals surface area (Å²) in [5, 5.41) is 3.66. The van der Waals surface area contributed by atoms with Crippen LogP contribution < -0.4 is 5.32 Å². The lowest BCUT2D eigenvalue weighted by Crippen LogP contribution is -2.32. The quantitative estimate of drug-likeness (QED) is 0.843. The molecular weight excluding hydrogens is 234 g/mol. The van der Waals surface area contributed by atoms with Crippen molar-refractivity contribution in [1.82, 2.24) is 5.32 Å². The van der Waals surface area contributed by atoms with Crippen LogP contribution in [-0.4, -0.2) is 19.3 Å². The summed E-state index contributed by atoms with van der Waals surface area (Å²) in [4.78, 5) is 0. The molecule has 0 bridgehead atoms. The van der Waals surface area contributed by atoms with Gasteiger partial charge in [0.05, 0.1) is 6.10 Å². The smallest absolute Gasteiger partial charge is 0.0619 e. The Kier molecular flexibility index (Phi) is 5.41. The molecule has 0 radical (unpaired) electrons. The summed E-state index contributed by atoms with van der Waals surface area (Å²) in [5.74, 6) is 0.609. The number of aryl methyl sites for hydroxylation is 1. The van der Waals surface area contributed by atoms with Crippen LogP contribution in [0.5, 0.6) is 0 Å². The Bertz CT molecular complexity index is 373. The van der Waals surface area contributed by atoms with Crippen LogP contribution in [-0.2, 0) is 11.2 Å². The molecule has 0 aliphatic carbocycles. The van der Waals surface area contributed by atoms with E-state index in [2.05, 4.69) is 50.4 Å². The van der Waals surface area contributed by atoms with Crippen LogP contribution in [0.15, 0.2) is 24.3 Å². The molecule has 3 atom stereocenters. The molecule has 1 N–H and O–H groups in total. The second kappa shape index (κ2) is 7.06. The SMILES string of the molecule is CCNC(c1ccc(CC)cc1)C1CCOC1CC. The Morgan fingerprint density at radius 1 is 1.21 bits per heavy atom. The Balaban J connectivity index is 2.18. The predicted octanol–water partition coefficient (Wildman–Crippen LogP) is 3.71. The van der Waals surface area contributed by atoms with Crippen molar-refractivity contribution in [2.75, 3.05) is 13.2 Å². The largest absolute Gasteiger partial charge is 0.378 e. The molecule has 0 spiro atoms. The van der Waals surface area contributed by atoms with Gasteiger partial charge in [0.1, 0.15) is 0 Å². The van der Waals surface area contributed by atoms with Crippen LogP contribution in [0.4, 0.5) is 0 Å². The maximum absolute atomic E-state index is 5.87. The van der Waals surface area contributed by atoms with E-state index in [1.165, 1.54) is 17.5 Å². The molecule has 0 aromatic heterocycles. The minimum atomic E-state index is 0.412. The normalized spacial score (nSPS) is 24.6. The monoisotopic (exact) mass is 261 g/mol. The second-order valence-corrected chi connectivity index (χ2v) is 5.40. The number of rotatable bonds is 6. The summed E-state index contributed by atoms with van der Waals surface area (Å²) in [6, 6.07) is 9.53. The molecule has 1 saturated heterocycles. The minimum absolute atomic E-state index is 0.412. The lowest BCUT2D eigenvalue weighted by Gasteiger charge is -2.28. The van der Waals surface area contributed by atoms with Gasteiger partial charge >= 0.3 is 0 Å². The van der Waals surface area contributed by atoms with E-state index in [4.69, 9.17) is 4.74 Å². The van der Waals surface area contributed by atoms with Gasteiger partial charge < -0.3 is 10.1 Å². The van der Waals surface area contributed by atoms with Crippen molar-refractivity contribution in [2.24, 2.45) is 5.92 Å². The predicted molar refractivity (Wildman–Crippen MR) is 80.4 cm³/mol. The van der Waals surface area contributed by atoms with Gasteiger partial charge in [-0.2, -0.15) is 0 Å². The van der Waals surface area contributed by atoms with E-state index in [0.29, 0.717) is 18.1 Å². The lowest BCUT2D eigenvalue weighted by atomic mass is 9.86. The first-order chi connectivity index (χ1) is 9.30. The van der Waals surface area contributed by atoms with Gasteiger partial charge in [0.15, 0.2) is 0 Å². The van der Waals surface area contributed by atoms with Crippen molar-refractivity contribution in [1.29, 1.82) is 0 Å². The highest BCUT2D eigenvalue weighted by molar-refractivity contribution is 5.26. The third-order valence-corrected chi connectivity index (χ3v) is 4.26. The Morgan fingerprint density at radius 3 is 2.53 bits per heavy atom. The number of hydrogen-bond donors (Lipinski definition) is 1. The number of benzene rings is 1. The van der Waals surface area contributed by atoms with E-state index >= 15 is 0 Å². The molecule has 19 heavy (non-hydrogen) atoms. The van der Waals surface area contributed by atoms with Gasteiger partial charge in [-0.15, -0.1) is 0 Å². The van der Waals surface area contributed by atoms with E-state index in [0.717, 1.165) is 26.0 Å². The zero-order valence-corrected chi connectivity index (χ0v) is 12.5. The van der Waals surface area contributed by atoms with Gasteiger partial charge in [-0.25, -0.2) is 0 Å². The average molecular weight is 261 g/mol. The van der Waals surface area contributed by atoms with Crippen molar-refractivity contribution in [2.45, 2.75) is 52.2 Å². The lowest BCUT2D eigenvalue weighted by molar-refractivity contribution is 0.0776. The molecule has 1 aliphatic heterocycles. The average Bonchev–Trinajstić information content (AvgIpc) is 2.93. The summed E-state index contributed by atoms with van der Waals surface area (Å²) in [6.07, 6.45) is 3.80. The highest BCUT2D eigenvalue weighted by Gasteiger charge is 2.33. The van der Waals surface area contributed by atoms with Crippen LogP contribution in [0.2, 0.25) is 0 Å². The van der Waals surface area contributed by atoms with Gasteiger partial charge in [0, 0.05) is 18.6 Å². The standard InChI is InChI=1S/C17H27NO/c1-4-13-7-9-14(10-8-13)17(18-6-3)15-11-12-19-16(15)5-2/h7-10,15-18H,4-6,11-12H2,1-3H3. The molecule has 3 unspecified atom stereocenters. The van der Waals surface area contributed by atoms with E-state index in [9.17, 15) is 0 Å². The molecule has 106 valence electrons. The van der Waals surface area contributed by atoms with Crippen LogP contribution in [0.3, 0.4) is 0 Å². The van der Waals surface area contributed by atoms with Crippen LogP contribution in [0, 0.1) is 5.92 Å². The second-order valence-electron chi connectivity index (χ2n) is 5.40. The minimum Gasteiger partial charge on any atom is -0.378 e. The molecular formula is C17H27NO. The Labute approximate surface area is 117 Å². The molecule has 2 rings (SSSR count). The molecule has 0 amide bonds. The van der Waals surface area contributed by atoms with Gasteiger partial charge in [-0.3, -0.25) is 0 Å². The topological polar surface area (TPSA) is 21.3 Å². The zero-order valence-electron chi connectivity index (χ0n) is 12.5. The molecule has 1 aliphatic rings. The molecule has 2 heteroatoms. The van der Waals surface area contributed by atoms with E-state index in [-0.39, 0.29) is 0 Å². The highest BCUT2D eigenvalue weighted by Crippen LogP contribution is 2.34. The maximum atomic E-state index is 5.87. The fourth-order valence-electron chi connectivity index (χ4n) is 3.16. The molecule has 1 fully saturated rings. The van der Waals surface area contributed by atoms with Crippen molar-refractivity contribution < 1.29 is 4.74 Å². The molecule has 1 aromatic carbocycles. The Hall–Kier alpha value is -0.860. The number of ether oxygens (including phenoxy) is 1. The van der Waals surface area contributed by atoms with Crippen molar-refractivity contribution in [3.8, 4) is 0 Å². The van der Waals surface area contributed by atoms with E-state index in [1.807, 2.05) is 0 Å². The van der Waals surface area contributed by atoms with E-state index < -0.39 is 0 Å². The number of hydrogen-bond acceptors (Lipinski definition) is 2. The third-order valence-electron chi connectivity index (χ3n) is 4.26. The van der Waals surface area contributed by atoms with Crippen LogP contribution in [0.1, 0.15) is 50.8 Å². The van der Waals surface area contributed by atoms with E-state index in [1.54, 1.807) is 0 Å². The summed E-state index contributed by atoms with van der Waals surface area (Å²) in [6.45, 7) is 8.54. The van der Waals surface area contributed by atoms with Gasteiger partial charge in [-0.1, -0.05) is 45.0 Å². The third kappa shape index (κ3) is 3.37. The highest BCUT2D eigenvalue weighted by atomic mass is 16.5. The first-order valence-corrected chi connectivity index (χ1v) is 7.73. The first kappa shape index (κ1) is 14.5. The van der Waals surface area contributed by atoms with Gasteiger partial charge in [0.25, 0.3) is 0 Å². The molecule has 1 heterocycles. The van der Waals surface area contributed by atoms with Crippen molar-refractivity contribution in [3.05, 3.63) is 35.4 Å².